The molecule has 3 aromatic rings. The number of anilines is 3. The molecule has 0 saturated carbocycles. The van der Waals surface area contributed by atoms with Gasteiger partial charge in [0.1, 0.15) is 29.1 Å². The maximum Gasteiger partial charge on any atom is 0.416 e. The number of fused-ring (bicyclic) bond motifs is 1. The first kappa shape index (κ1) is 26.5. The summed E-state index contributed by atoms with van der Waals surface area (Å²) in [6, 6.07) is 9.36. The lowest BCUT2D eigenvalue weighted by atomic mass is 10.1. The van der Waals surface area contributed by atoms with E-state index in [4.69, 9.17) is 16.3 Å². The van der Waals surface area contributed by atoms with E-state index in [1.165, 1.54) is 32.3 Å². The van der Waals surface area contributed by atoms with E-state index >= 15 is 0 Å². The van der Waals surface area contributed by atoms with Crippen LogP contribution in [0.1, 0.15) is 25.1 Å². The number of carbonyl (C=O) groups is 1. The van der Waals surface area contributed by atoms with E-state index in [-0.39, 0.29) is 16.5 Å². The predicted molar refractivity (Wildman–Crippen MR) is 134 cm³/mol. The standard InChI is InChI=1S/C25H25ClF3N5O3/c1-24(2,36)23(35)30-9-11-34-10-8-19-21(34)22(32-14-31-19)33-16-6-7-20(18(26)13-16)37-17-5-3-4-15(12-17)25(27,28)29/h3-7,12-14,36H,8-11H2,1-2H3,(H,30,35)(H,31,32,33). The van der Waals surface area contributed by atoms with Crippen LogP contribution in [-0.2, 0) is 17.4 Å². The highest BCUT2D eigenvalue weighted by Crippen LogP contribution is 2.38. The number of nitrogens with zero attached hydrogens (tertiary/aromatic N) is 3. The predicted octanol–water partition coefficient (Wildman–Crippen LogP) is 4.93. The highest BCUT2D eigenvalue weighted by atomic mass is 35.5. The number of hydrogen-bond donors (Lipinski definition) is 3. The molecule has 0 unspecified atom stereocenters. The van der Waals surface area contributed by atoms with Crippen LogP contribution in [0, 0.1) is 0 Å². The molecule has 1 aliphatic rings. The quantitative estimate of drug-likeness (QED) is 0.376. The van der Waals surface area contributed by atoms with Crippen molar-refractivity contribution in [1.82, 2.24) is 15.3 Å². The third-order valence-electron chi connectivity index (χ3n) is 5.64. The first-order chi connectivity index (χ1) is 17.4. The number of benzene rings is 2. The third kappa shape index (κ3) is 6.41. The number of rotatable bonds is 8. The Labute approximate surface area is 216 Å². The first-order valence-electron chi connectivity index (χ1n) is 11.4. The summed E-state index contributed by atoms with van der Waals surface area (Å²) in [5.41, 5.74) is -0.0531. The van der Waals surface area contributed by atoms with Gasteiger partial charge >= 0.3 is 6.18 Å². The number of amides is 1. The normalized spacial score (nSPS) is 13.3. The van der Waals surface area contributed by atoms with E-state index in [0.29, 0.717) is 37.6 Å². The van der Waals surface area contributed by atoms with Gasteiger partial charge in [-0.1, -0.05) is 17.7 Å². The van der Waals surface area contributed by atoms with Gasteiger partial charge in [0.25, 0.3) is 5.91 Å². The van der Waals surface area contributed by atoms with Crippen molar-refractivity contribution >= 4 is 34.7 Å². The van der Waals surface area contributed by atoms with Gasteiger partial charge in [0.2, 0.25) is 0 Å². The molecule has 0 atom stereocenters. The molecule has 0 bridgehead atoms. The van der Waals surface area contributed by atoms with Crippen LogP contribution in [0.4, 0.5) is 30.4 Å². The second kappa shape index (κ2) is 10.4. The van der Waals surface area contributed by atoms with Crippen LogP contribution < -0.4 is 20.3 Å². The van der Waals surface area contributed by atoms with E-state index in [1.54, 1.807) is 18.2 Å². The minimum atomic E-state index is -4.48. The molecule has 3 N–H and O–H groups in total. The third-order valence-corrected chi connectivity index (χ3v) is 5.93. The molecule has 196 valence electrons. The van der Waals surface area contributed by atoms with Crippen molar-refractivity contribution in [1.29, 1.82) is 0 Å². The number of aromatic nitrogens is 2. The molecule has 1 aliphatic heterocycles. The molecule has 0 radical (unpaired) electrons. The monoisotopic (exact) mass is 535 g/mol. The lowest BCUT2D eigenvalue weighted by Crippen LogP contribution is -2.44. The number of aliphatic hydroxyl groups is 1. The van der Waals surface area contributed by atoms with Crippen LogP contribution in [-0.4, -0.2) is 46.2 Å². The Morgan fingerprint density at radius 2 is 1.97 bits per heavy atom. The fourth-order valence-electron chi connectivity index (χ4n) is 3.78. The SMILES string of the molecule is CC(C)(O)C(=O)NCCN1CCc2ncnc(Nc3ccc(Oc4cccc(C(F)(F)F)c4)c(Cl)c3)c21. The van der Waals surface area contributed by atoms with Gasteiger partial charge in [-0.2, -0.15) is 13.2 Å². The molecule has 0 spiro atoms. The number of halogens is 4. The van der Waals surface area contributed by atoms with Crippen molar-refractivity contribution in [2.75, 3.05) is 29.9 Å². The van der Waals surface area contributed by atoms with E-state index < -0.39 is 23.2 Å². The van der Waals surface area contributed by atoms with Crippen molar-refractivity contribution in [2.24, 2.45) is 0 Å². The number of ether oxygens (including phenoxy) is 1. The maximum atomic E-state index is 13.0. The largest absolute Gasteiger partial charge is 0.456 e. The smallest absolute Gasteiger partial charge is 0.416 e. The second-order valence-corrected chi connectivity index (χ2v) is 9.37. The van der Waals surface area contributed by atoms with E-state index in [1.807, 2.05) is 4.90 Å². The Kier molecular flexibility index (Phi) is 7.47. The topological polar surface area (TPSA) is 99.6 Å². The zero-order valence-corrected chi connectivity index (χ0v) is 20.8. The molecule has 1 aromatic heterocycles. The Morgan fingerprint density at radius 3 is 2.68 bits per heavy atom. The number of carbonyl (C=O) groups excluding carboxylic acids is 1. The lowest BCUT2D eigenvalue weighted by Gasteiger charge is -2.23. The summed E-state index contributed by atoms with van der Waals surface area (Å²) in [6.45, 7) is 4.34. The average molecular weight is 536 g/mol. The van der Waals surface area contributed by atoms with Crippen molar-refractivity contribution in [2.45, 2.75) is 32.0 Å². The average Bonchev–Trinajstić information content (AvgIpc) is 3.24. The van der Waals surface area contributed by atoms with E-state index in [0.717, 1.165) is 23.5 Å². The highest BCUT2D eigenvalue weighted by molar-refractivity contribution is 6.32. The van der Waals surface area contributed by atoms with Gasteiger partial charge in [-0.05, 0) is 50.2 Å². The Hall–Kier alpha value is -3.57. The molecular formula is C25H25ClF3N5O3. The summed E-state index contributed by atoms with van der Waals surface area (Å²) in [5, 5.41) is 15.9. The molecule has 37 heavy (non-hydrogen) atoms. The van der Waals surface area contributed by atoms with Gasteiger partial charge in [0.15, 0.2) is 5.82 Å². The highest BCUT2D eigenvalue weighted by Gasteiger charge is 2.31. The zero-order chi connectivity index (χ0) is 26.8. The molecule has 4 rings (SSSR count). The molecule has 2 aromatic carbocycles. The summed E-state index contributed by atoms with van der Waals surface area (Å²) >= 11 is 6.37. The van der Waals surface area contributed by atoms with Crippen LogP contribution in [0.25, 0.3) is 0 Å². The Balaban J connectivity index is 1.46. The minimum Gasteiger partial charge on any atom is -0.456 e. The van der Waals surface area contributed by atoms with Crippen molar-refractivity contribution < 1.29 is 27.8 Å². The van der Waals surface area contributed by atoms with Crippen molar-refractivity contribution in [3.8, 4) is 11.5 Å². The second-order valence-electron chi connectivity index (χ2n) is 8.97. The van der Waals surface area contributed by atoms with Crippen LogP contribution >= 0.6 is 11.6 Å². The van der Waals surface area contributed by atoms with Gasteiger partial charge in [0, 0.05) is 31.7 Å². The van der Waals surface area contributed by atoms with Crippen LogP contribution in [0.3, 0.4) is 0 Å². The van der Waals surface area contributed by atoms with Gasteiger partial charge < -0.3 is 25.4 Å². The van der Waals surface area contributed by atoms with Crippen molar-refractivity contribution in [3.63, 3.8) is 0 Å². The summed E-state index contributed by atoms with van der Waals surface area (Å²) in [7, 11) is 0. The molecule has 2 heterocycles. The van der Waals surface area contributed by atoms with Gasteiger partial charge in [-0.3, -0.25) is 4.79 Å². The lowest BCUT2D eigenvalue weighted by molar-refractivity contribution is -0.137. The fraction of sp³-hybridized carbons (Fsp3) is 0.320. The maximum absolute atomic E-state index is 13.0. The van der Waals surface area contributed by atoms with Gasteiger partial charge in [0.05, 0.1) is 16.3 Å². The fourth-order valence-corrected chi connectivity index (χ4v) is 4.00. The van der Waals surface area contributed by atoms with E-state index in [2.05, 4.69) is 20.6 Å². The summed E-state index contributed by atoms with van der Waals surface area (Å²) in [5.74, 6) is 0.289. The number of alkyl halides is 3. The van der Waals surface area contributed by atoms with E-state index in [9.17, 15) is 23.1 Å². The Morgan fingerprint density at radius 1 is 1.19 bits per heavy atom. The summed E-state index contributed by atoms with van der Waals surface area (Å²) in [4.78, 5) is 22.7. The summed E-state index contributed by atoms with van der Waals surface area (Å²) < 4.78 is 44.5. The minimum absolute atomic E-state index is 0.0124. The first-order valence-corrected chi connectivity index (χ1v) is 11.8. The number of hydrogen-bond acceptors (Lipinski definition) is 7. The number of nitrogens with one attached hydrogen (secondary N) is 2. The Bertz CT molecular complexity index is 1300. The molecular weight excluding hydrogens is 511 g/mol. The molecule has 1 amide bonds. The summed E-state index contributed by atoms with van der Waals surface area (Å²) in [6.07, 6.45) is -2.33. The molecule has 0 fully saturated rings. The molecule has 12 heteroatoms. The zero-order valence-electron chi connectivity index (χ0n) is 20.1. The van der Waals surface area contributed by atoms with Crippen LogP contribution in [0.2, 0.25) is 5.02 Å². The molecule has 0 aliphatic carbocycles. The van der Waals surface area contributed by atoms with Crippen molar-refractivity contribution in [3.05, 3.63) is 65.1 Å². The molecule has 8 nitrogen and oxygen atoms in total. The van der Waals surface area contributed by atoms with Gasteiger partial charge in [-0.25, -0.2) is 9.97 Å². The van der Waals surface area contributed by atoms with Crippen LogP contribution in [0.5, 0.6) is 11.5 Å². The van der Waals surface area contributed by atoms with Crippen LogP contribution in [0.15, 0.2) is 48.8 Å². The van der Waals surface area contributed by atoms with Gasteiger partial charge in [-0.15, -0.1) is 0 Å². The molecule has 0 saturated heterocycles.